The third-order valence-electron chi connectivity index (χ3n) is 3.29. The zero-order chi connectivity index (χ0) is 13.1. The lowest BCUT2D eigenvalue weighted by Crippen LogP contribution is -2.31. The van der Waals surface area contributed by atoms with E-state index < -0.39 is 0 Å². The Morgan fingerprint density at radius 1 is 1.33 bits per heavy atom. The molecule has 0 radical (unpaired) electrons. The molecule has 18 heavy (non-hydrogen) atoms. The van der Waals surface area contributed by atoms with E-state index in [2.05, 4.69) is 5.32 Å². The molecule has 0 spiro atoms. The number of halogens is 3. The molecule has 98 valence electrons. The highest BCUT2D eigenvalue weighted by atomic mass is 35.5. The van der Waals surface area contributed by atoms with Gasteiger partial charge in [-0.3, -0.25) is 4.79 Å². The van der Waals surface area contributed by atoms with Crippen LogP contribution in [0.5, 0.6) is 0 Å². The van der Waals surface area contributed by atoms with E-state index in [0.717, 1.165) is 19.3 Å². The Kier molecular flexibility index (Phi) is 4.77. The smallest absolute Gasteiger partial charge is 0.252 e. The maximum Gasteiger partial charge on any atom is 0.252 e. The van der Waals surface area contributed by atoms with Crippen molar-refractivity contribution in [2.24, 2.45) is 5.92 Å². The Morgan fingerprint density at radius 3 is 2.78 bits per heavy atom. The van der Waals surface area contributed by atoms with E-state index in [0.29, 0.717) is 28.1 Å². The molecule has 2 atom stereocenters. The Bertz CT molecular complexity index is 450. The summed E-state index contributed by atoms with van der Waals surface area (Å²) in [6.07, 6.45) is 3.23. The average molecular weight is 307 g/mol. The number of nitrogens with one attached hydrogen (secondary N) is 1. The number of carbonyl (C=O) groups excluding carboxylic acids is 1. The third kappa shape index (κ3) is 3.11. The zero-order valence-corrected chi connectivity index (χ0v) is 12.0. The van der Waals surface area contributed by atoms with Crippen molar-refractivity contribution in [1.82, 2.24) is 5.32 Å². The topological polar surface area (TPSA) is 29.1 Å². The van der Waals surface area contributed by atoms with Gasteiger partial charge in [0.25, 0.3) is 5.91 Å². The summed E-state index contributed by atoms with van der Waals surface area (Å²) in [4.78, 5) is 12.0. The molecule has 2 rings (SSSR count). The van der Waals surface area contributed by atoms with Crippen molar-refractivity contribution in [1.29, 1.82) is 0 Å². The van der Waals surface area contributed by atoms with Gasteiger partial charge >= 0.3 is 0 Å². The average Bonchev–Trinajstić information content (AvgIpc) is 2.75. The number of carbonyl (C=O) groups is 1. The maximum absolute atomic E-state index is 12.0. The van der Waals surface area contributed by atoms with E-state index in [1.54, 1.807) is 18.2 Å². The van der Waals surface area contributed by atoms with E-state index in [1.165, 1.54) is 0 Å². The fraction of sp³-hybridized carbons (Fsp3) is 0.462. The molecule has 1 amide bonds. The molecular weight excluding hydrogens is 293 g/mol. The molecule has 1 fully saturated rings. The van der Waals surface area contributed by atoms with Gasteiger partial charge in [0.2, 0.25) is 0 Å². The van der Waals surface area contributed by atoms with Gasteiger partial charge in [-0.2, -0.15) is 0 Å². The van der Waals surface area contributed by atoms with Crippen LogP contribution in [0.4, 0.5) is 0 Å². The molecule has 0 bridgehead atoms. The minimum atomic E-state index is -0.196. The summed E-state index contributed by atoms with van der Waals surface area (Å²) in [5.74, 6) is 0.159. The van der Waals surface area contributed by atoms with Crippen LogP contribution in [-0.2, 0) is 0 Å². The van der Waals surface area contributed by atoms with Crippen molar-refractivity contribution in [2.75, 3.05) is 6.54 Å². The second kappa shape index (κ2) is 6.14. The van der Waals surface area contributed by atoms with Gasteiger partial charge in [-0.25, -0.2) is 0 Å². The molecule has 2 nitrogen and oxygen atoms in total. The number of benzene rings is 1. The van der Waals surface area contributed by atoms with Crippen LogP contribution in [0, 0.1) is 5.92 Å². The monoisotopic (exact) mass is 305 g/mol. The standard InChI is InChI=1S/C13H14Cl3NO/c14-10-5-1-3-8(10)7-17-13(18)9-4-2-6-11(15)12(9)16/h2,4,6,8,10H,1,3,5,7H2,(H,17,18). The molecule has 2 unspecified atom stereocenters. The van der Waals surface area contributed by atoms with E-state index in [9.17, 15) is 4.79 Å². The minimum Gasteiger partial charge on any atom is -0.352 e. The van der Waals surface area contributed by atoms with Crippen LogP contribution in [0.2, 0.25) is 10.0 Å². The maximum atomic E-state index is 12.0. The highest BCUT2D eigenvalue weighted by Gasteiger charge is 2.25. The SMILES string of the molecule is O=C(NCC1CCCC1Cl)c1cccc(Cl)c1Cl. The normalized spacial score (nSPS) is 23.1. The summed E-state index contributed by atoms with van der Waals surface area (Å²) in [7, 11) is 0. The molecule has 0 aliphatic heterocycles. The number of hydrogen-bond donors (Lipinski definition) is 1. The Hall–Kier alpha value is -0.440. The lowest BCUT2D eigenvalue weighted by molar-refractivity contribution is 0.0948. The second-order valence-electron chi connectivity index (χ2n) is 4.52. The first kappa shape index (κ1) is 14.0. The predicted molar refractivity (Wildman–Crippen MR) is 75.8 cm³/mol. The van der Waals surface area contributed by atoms with Gasteiger partial charge in [0.15, 0.2) is 0 Å². The Balaban J connectivity index is 1.97. The van der Waals surface area contributed by atoms with E-state index >= 15 is 0 Å². The minimum absolute atomic E-state index is 0.167. The summed E-state index contributed by atoms with van der Waals surface area (Å²) in [5, 5.41) is 3.73. The van der Waals surface area contributed by atoms with Crippen molar-refractivity contribution in [3.05, 3.63) is 33.8 Å². The molecule has 1 aromatic rings. The van der Waals surface area contributed by atoms with Crippen LogP contribution in [-0.4, -0.2) is 17.8 Å². The molecule has 0 heterocycles. The van der Waals surface area contributed by atoms with Crippen LogP contribution in [0.1, 0.15) is 29.6 Å². The fourth-order valence-corrected chi connectivity index (χ4v) is 2.98. The lowest BCUT2D eigenvalue weighted by atomic mass is 10.1. The highest BCUT2D eigenvalue weighted by Crippen LogP contribution is 2.30. The van der Waals surface area contributed by atoms with Gasteiger partial charge in [-0.1, -0.05) is 35.7 Å². The van der Waals surface area contributed by atoms with Crippen LogP contribution >= 0.6 is 34.8 Å². The van der Waals surface area contributed by atoms with E-state index in [4.69, 9.17) is 34.8 Å². The molecule has 1 aliphatic carbocycles. The van der Waals surface area contributed by atoms with Crippen molar-refractivity contribution in [3.8, 4) is 0 Å². The van der Waals surface area contributed by atoms with Crippen LogP contribution in [0.25, 0.3) is 0 Å². The quantitative estimate of drug-likeness (QED) is 0.836. The first-order chi connectivity index (χ1) is 8.59. The molecule has 1 N–H and O–H groups in total. The van der Waals surface area contributed by atoms with Crippen molar-refractivity contribution < 1.29 is 4.79 Å². The molecule has 0 aromatic heterocycles. The van der Waals surface area contributed by atoms with Crippen LogP contribution in [0.15, 0.2) is 18.2 Å². The number of hydrogen-bond acceptors (Lipinski definition) is 1. The summed E-state index contributed by atoms with van der Waals surface area (Å²) in [6.45, 7) is 0.593. The van der Waals surface area contributed by atoms with Gasteiger partial charge in [0.1, 0.15) is 0 Å². The van der Waals surface area contributed by atoms with Crippen LogP contribution < -0.4 is 5.32 Å². The van der Waals surface area contributed by atoms with Gasteiger partial charge in [-0.05, 0) is 30.9 Å². The number of amides is 1. The van der Waals surface area contributed by atoms with Crippen molar-refractivity contribution >= 4 is 40.7 Å². The molecule has 1 aliphatic rings. The molecular formula is C13H14Cl3NO. The van der Waals surface area contributed by atoms with Crippen molar-refractivity contribution in [2.45, 2.75) is 24.6 Å². The first-order valence-corrected chi connectivity index (χ1v) is 7.15. The Labute approximate surface area is 122 Å². The first-order valence-electron chi connectivity index (χ1n) is 5.96. The van der Waals surface area contributed by atoms with Gasteiger partial charge in [-0.15, -0.1) is 11.6 Å². The molecule has 5 heteroatoms. The lowest BCUT2D eigenvalue weighted by Gasteiger charge is -2.15. The fourth-order valence-electron chi connectivity index (χ4n) is 2.22. The predicted octanol–water partition coefficient (Wildman–Crippen LogP) is 4.13. The van der Waals surface area contributed by atoms with Gasteiger partial charge in [0, 0.05) is 11.9 Å². The Morgan fingerprint density at radius 2 is 2.11 bits per heavy atom. The summed E-state index contributed by atoms with van der Waals surface area (Å²) >= 11 is 18.0. The summed E-state index contributed by atoms with van der Waals surface area (Å²) < 4.78 is 0. The molecule has 1 aromatic carbocycles. The van der Waals surface area contributed by atoms with Gasteiger partial charge in [0.05, 0.1) is 15.6 Å². The summed E-state index contributed by atoms with van der Waals surface area (Å²) in [5.41, 5.74) is 0.410. The number of rotatable bonds is 3. The summed E-state index contributed by atoms with van der Waals surface area (Å²) in [6, 6.07) is 5.03. The van der Waals surface area contributed by atoms with Gasteiger partial charge < -0.3 is 5.32 Å². The molecule has 0 saturated heterocycles. The van der Waals surface area contributed by atoms with E-state index in [1.807, 2.05) is 0 Å². The second-order valence-corrected chi connectivity index (χ2v) is 5.86. The highest BCUT2D eigenvalue weighted by molar-refractivity contribution is 6.43. The third-order valence-corrected chi connectivity index (χ3v) is 4.68. The van der Waals surface area contributed by atoms with E-state index in [-0.39, 0.29) is 11.3 Å². The zero-order valence-electron chi connectivity index (χ0n) is 9.76. The molecule has 1 saturated carbocycles. The number of alkyl halides is 1. The largest absolute Gasteiger partial charge is 0.352 e. The van der Waals surface area contributed by atoms with Crippen molar-refractivity contribution in [3.63, 3.8) is 0 Å². The van der Waals surface area contributed by atoms with Crippen LogP contribution in [0.3, 0.4) is 0 Å².